The van der Waals surface area contributed by atoms with Gasteiger partial charge in [-0.2, -0.15) is 0 Å². The lowest BCUT2D eigenvalue weighted by Gasteiger charge is -2.25. The first-order chi connectivity index (χ1) is 16.9. The van der Waals surface area contributed by atoms with E-state index in [2.05, 4.69) is 59.1 Å². The minimum Gasteiger partial charge on any atom is -0.453 e. The standard InChI is InChI=1S/C28H35N3O3S/c1-4-6-15-31(16-7-5-2)23-10-8-9-21(18-23)17-22-11-13-25-27(19-22)34-28-20-24(35(32,33)29-3)12-14-26(28)30-25/h8-14,18-20,29-30H,4-7,15-17H2,1-3H3. The summed E-state index contributed by atoms with van der Waals surface area (Å²) >= 11 is 0. The van der Waals surface area contributed by atoms with E-state index in [4.69, 9.17) is 4.74 Å². The molecule has 0 bridgehead atoms. The van der Waals surface area contributed by atoms with Crippen LogP contribution < -0.4 is 19.7 Å². The highest BCUT2D eigenvalue weighted by Gasteiger charge is 2.20. The number of sulfonamides is 1. The minimum atomic E-state index is -3.54. The van der Waals surface area contributed by atoms with E-state index in [0.717, 1.165) is 36.4 Å². The average Bonchev–Trinajstić information content (AvgIpc) is 2.87. The Labute approximate surface area is 209 Å². The van der Waals surface area contributed by atoms with Crippen LogP contribution in [0, 0.1) is 0 Å². The lowest BCUT2D eigenvalue weighted by Crippen LogP contribution is -2.25. The van der Waals surface area contributed by atoms with E-state index >= 15 is 0 Å². The third-order valence-electron chi connectivity index (χ3n) is 6.31. The molecule has 0 fully saturated rings. The van der Waals surface area contributed by atoms with Crippen molar-refractivity contribution < 1.29 is 13.2 Å². The zero-order valence-electron chi connectivity index (χ0n) is 20.8. The van der Waals surface area contributed by atoms with Gasteiger partial charge in [0.25, 0.3) is 0 Å². The fourth-order valence-corrected chi connectivity index (χ4v) is 5.02. The molecule has 0 spiro atoms. The monoisotopic (exact) mass is 493 g/mol. The molecule has 0 atom stereocenters. The molecule has 0 amide bonds. The number of unbranched alkanes of at least 4 members (excludes halogenated alkanes) is 2. The van der Waals surface area contributed by atoms with E-state index in [0.29, 0.717) is 11.5 Å². The third-order valence-corrected chi connectivity index (χ3v) is 7.73. The number of nitrogens with zero attached hydrogens (tertiary/aromatic N) is 1. The number of benzene rings is 3. The summed E-state index contributed by atoms with van der Waals surface area (Å²) in [4.78, 5) is 2.68. The third kappa shape index (κ3) is 5.97. The van der Waals surface area contributed by atoms with Crippen molar-refractivity contribution in [3.63, 3.8) is 0 Å². The summed E-state index contributed by atoms with van der Waals surface area (Å²) in [6.07, 6.45) is 5.57. The van der Waals surface area contributed by atoms with Crippen LogP contribution >= 0.6 is 0 Å². The summed E-state index contributed by atoms with van der Waals surface area (Å²) in [5, 5.41) is 3.34. The van der Waals surface area contributed by atoms with Crippen molar-refractivity contribution in [2.45, 2.75) is 50.8 Å². The van der Waals surface area contributed by atoms with Crippen molar-refractivity contribution in [3.05, 3.63) is 71.8 Å². The molecule has 0 aliphatic carbocycles. The van der Waals surface area contributed by atoms with Crippen molar-refractivity contribution in [2.24, 2.45) is 0 Å². The molecule has 35 heavy (non-hydrogen) atoms. The van der Waals surface area contributed by atoms with E-state index in [1.54, 1.807) is 18.2 Å². The van der Waals surface area contributed by atoms with Crippen molar-refractivity contribution >= 4 is 27.1 Å². The van der Waals surface area contributed by atoms with Gasteiger partial charge in [0.15, 0.2) is 11.5 Å². The van der Waals surface area contributed by atoms with Gasteiger partial charge < -0.3 is 15.0 Å². The van der Waals surface area contributed by atoms with E-state index in [-0.39, 0.29) is 4.90 Å². The molecule has 1 heterocycles. The lowest BCUT2D eigenvalue weighted by atomic mass is 10.0. The second-order valence-electron chi connectivity index (χ2n) is 8.96. The Balaban J connectivity index is 1.53. The van der Waals surface area contributed by atoms with Crippen LogP contribution in [0.2, 0.25) is 0 Å². The number of nitrogens with one attached hydrogen (secondary N) is 2. The van der Waals surface area contributed by atoms with Gasteiger partial charge in [-0.25, -0.2) is 13.1 Å². The number of fused-ring (bicyclic) bond motifs is 2. The minimum absolute atomic E-state index is 0.174. The Morgan fingerprint density at radius 2 is 1.51 bits per heavy atom. The molecule has 7 heteroatoms. The Bertz CT molecular complexity index is 1270. The Hall–Kier alpha value is -3.03. The zero-order chi connectivity index (χ0) is 24.8. The maximum absolute atomic E-state index is 12.2. The molecular formula is C28H35N3O3S. The van der Waals surface area contributed by atoms with Gasteiger partial charge in [-0.05, 0) is 73.8 Å². The van der Waals surface area contributed by atoms with E-state index in [1.165, 1.54) is 44.0 Å². The second-order valence-corrected chi connectivity index (χ2v) is 10.9. The van der Waals surface area contributed by atoms with Crippen molar-refractivity contribution in [3.8, 4) is 11.5 Å². The molecule has 4 rings (SSSR count). The molecule has 6 nitrogen and oxygen atoms in total. The first-order valence-electron chi connectivity index (χ1n) is 12.4. The summed E-state index contributed by atoms with van der Waals surface area (Å²) in [5.41, 5.74) is 5.29. The van der Waals surface area contributed by atoms with Crippen molar-refractivity contribution in [1.29, 1.82) is 0 Å². The first kappa shape index (κ1) is 25.1. The van der Waals surface area contributed by atoms with E-state index < -0.39 is 10.0 Å². The van der Waals surface area contributed by atoms with Crippen LogP contribution in [0.25, 0.3) is 0 Å². The van der Waals surface area contributed by atoms with Crippen LogP contribution in [0.1, 0.15) is 50.7 Å². The van der Waals surface area contributed by atoms with E-state index in [1.807, 2.05) is 12.1 Å². The van der Waals surface area contributed by atoms with Gasteiger partial charge in [0.1, 0.15) is 0 Å². The zero-order valence-corrected chi connectivity index (χ0v) is 21.6. The molecular weight excluding hydrogens is 458 g/mol. The highest BCUT2D eigenvalue weighted by molar-refractivity contribution is 7.89. The van der Waals surface area contributed by atoms with Crippen molar-refractivity contribution in [1.82, 2.24) is 4.72 Å². The number of anilines is 3. The van der Waals surface area contributed by atoms with Crippen LogP contribution in [0.5, 0.6) is 11.5 Å². The Morgan fingerprint density at radius 1 is 0.857 bits per heavy atom. The lowest BCUT2D eigenvalue weighted by molar-refractivity contribution is 0.478. The summed E-state index contributed by atoms with van der Waals surface area (Å²) in [5.74, 6) is 1.19. The van der Waals surface area contributed by atoms with Gasteiger partial charge in [0.2, 0.25) is 10.0 Å². The SMILES string of the molecule is CCCCN(CCCC)c1cccc(Cc2ccc3c(c2)Oc2cc(S(=O)(=O)NC)ccc2N3)c1. The topological polar surface area (TPSA) is 70.7 Å². The molecule has 0 saturated heterocycles. The smallest absolute Gasteiger partial charge is 0.240 e. The molecule has 0 saturated carbocycles. The van der Waals surface area contributed by atoms with Gasteiger partial charge >= 0.3 is 0 Å². The van der Waals surface area contributed by atoms with Gasteiger partial charge in [0.05, 0.1) is 16.3 Å². The van der Waals surface area contributed by atoms with Gasteiger partial charge in [-0.1, -0.05) is 44.9 Å². The molecule has 0 radical (unpaired) electrons. The van der Waals surface area contributed by atoms with Gasteiger partial charge in [0, 0.05) is 24.8 Å². The van der Waals surface area contributed by atoms with Crippen LogP contribution in [0.4, 0.5) is 17.1 Å². The highest BCUT2D eigenvalue weighted by atomic mass is 32.2. The maximum Gasteiger partial charge on any atom is 0.240 e. The first-order valence-corrected chi connectivity index (χ1v) is 13.9. The predicted molar refractivity (Wildman–Crippen MR) is 144 cm³/mol. The summed E-state index contributed by atoms with van der Waals surface area (Å²) in [7, 11) is -2.14. The molecule has 3 aromatic rings. The maximum atomic E-state index is 12.2. The summed E-state index contributed by atoms with van der Waals surface area (Å²) in [6, 6.07) is 19.8. The van der Waals surface area contributed by atoms with Gasteiger partial charge in [-0.3, -0.25) is 0 Å². The summed E-state index contributed by atoms with van der Waals surface area (Å²) < 4.78 is 32.9. The Morgan fingerprint density at radius 3 is 2.20 bits per heavy atom. The number of ether oxygens (including phenoxy) is 1. The van der Waals surface area contributed by atoms with E-state index in [9.17, 15) is 8.42 Å². The van der Waals surface area contributed by atoms with Crippen LogP contribution in [0.3, 0.4) is 0 Å². The summed E-state index contributed by atoms with van der Waals surface area (Å²) in [6.45, 7) is 6.65. The fourth-order valence-electron chi connectivity index (χ4n) is 4.27. The molecule has 1 aliphatic rings. The quantitative estimate of drug-likeness (QED) is 0.252. The van der Waals surface area contributed by atoms with Crippen molar-refractivity contribution in [2.75, 3.05) is 30.4 Å². The largest absolute Gasteiger partial charge is 0.453 e. The van der Waals surface area contributed by atoms with Crippen LogP contribution in [0.15, 0.2) is 65.6 Å². The number of hydrogen-bond acceptors (Lipinski definition) is 5. The Kier molecular flexibility index (Phi) is 7.98. The second kappa shape index (κ2) is 11.1. The molecule has 3 aromatic carbocycles. The number of rotatable bonds is 11. The highest BCUT2D eigenvalue weighted by Crippen LogP contribution is 2.43. The molecule has 0 unspecified atom stereocenters. The molecule has 1 aliphatic heterocycles. The average molecular weight is 494 g/mol. The van der Waals surface area contributed by atoms with Crippen LogP contribution in [-0.2, 0) is 16.4 Å². The molecule has 0 aromatic heterocycles. The number of hydrogen-bond donors (Lipinski definition) is 2. The molecule has 2 N–H and O–H groups in total. The molecule has 186 valence electrons. The normalized spacial score (nSPS) is 12.3. The van der Waals surface area contributed by atoms with Crippen LogP contribution in [-0.4, -0.2) is 28.6 Å². The van der Waals surface area contributed by atoms with Gasteiger partial charge in [-0.15, -0.1) is 0 Å². The fraction of sp³-hybridized carbons (Fsp3) is 0.357. The predicted octanol–water partition coefficient (Wildman–Crippen LogP) is 6.44.